The first kappa shape index (κ1) is 14.1. The average Bonchev–Trinajstić information content (AvgIpc) is 2.20. The van der Waals surface area contributed by atoms with Gasteiger partial charge in [0.1, 0.15) is 0 Å². The van der Waals surface area contributed by atoms with Gasteiger partial charge in [0.2, 0.25) is 0 Å². The molecule has 2 atom stereocenters. The first-order chi connectivity index (χ1) is 8.33. The van der Waals surface area contributed by atoms with Crippen LogP contribution in [0.3, 0.4) is 0 Å². The maximum atomic E-state index is 12.2. The average molecular weight is 264 g/mol. The topological polar surface area (TPSA) is 15.3 Å². The highest BCUT2D eigenvalue weighted by molar-refractivity contribution is 4.91. The molecule has 0 aromatic rings. The summed E-state index contributed by atoms with van der Waals surface area (Å²) in [7, 11) is 0. The first-order valence-electron chi connectivity index (χ1n) is 6.87. The Hall–Kier alpha value is -0.290. The van der Waals surface area contributed by atoms with Crippen LogP contribution in [0, 0.1) is 11.8 Å². The predicted molar refractivity (Wildman–Crippen MR) is 65.4 cm³/mol. The third-order valence-electron chi connectivity index (χ3n) is 4.14. The molecule has 0 spiro atoms. The van der Waals surface area contributed by atoms with E-state index >= 15 is 0 Å². The summed E-state index contributed by atoms with van der Waals surface area (Å²) in [5, 5.41) is 2.67. The van der Waals surface area contributed by atoms with Gasteiger partial charge < -0.3 is 5.32 Å². The van der Waals surface area contributed by atoms with Crippen molar-refractivity contribution >= 4 is 0 Å². The molecular weight excluding hydrogens is 241 g/mol. The van der Waals surface area contributed by atoms with E-state index in [-0.39, 0.29) is 6.04 Å². The molecule has 1 N–H and O–H groups in total. The summed E-state index contributed by atoms with van der Waals surface area (Å²) in [5.74, 6) is 1.27. The maximum absolute atomic E-state index is 12.2. The second-order valence-corrected chi connectivity index (χ2v) is 6.22. The molecule has 0 aromatic carbocycles. The van der Waals surface area contributed by atoms with Crippen molar-refractivity contribution in [2.75, 3.05) is 19.6 Å². The van der Waals surface area contributed by atoms with E-state index < -0.39 is 12.7 Å². The summed E-state index contributed by atoms with van der Waals surface area (Å²) in [4.78, 5) is 2.39. The fourth-order valence-electron chi connectivity index (χ4n) is 3.26. The Balaban J connectivity index is 1.81. The van der Waals surface area contributed by atoms with Crippen LogP contribution < -0.4 is 5.32 Å². The summed E-state index contributed by atoms with van der Waals surface area (Å²) >= 11 is 0. The highest BCUT2D eigenvalue weighted by Gasteiger charge is 2.36. The molecular formula is C13H23F3N2. The zero-order valence-corrected chi connectivity index (χ0v) is 11.1. The Kier molecular flexibility index (Phi) is 4.22. The number of halogens is 3. The van der Waals surface area contributed by atoms with Crippen LogP contribution in [0.2, 0.25) is 0 Å². The minimum atomic E-state index is -4.10. The van der Waals surface area contributed by atoms with Crippen molar-refractivity contribution in [3.05, 3.63) is 0 Å². The van der Waals surface area contributed by atoms with Gasteiger partial charge in [-0.15, -0.1) is 0 Å². The van der Waals surface area contributed by atoms with Gasteiger partial charge >= 0.3 is 6.18 Å². The highest BCUT2D eigenvalue weighted by atomic mass is 19.4. The molecule has 1 aliphatic heterocycles. The summed E-state index contributed by atoms with van der Waals surface area (Å²) in [6, 6.07) is 0.601. The van der Waals surface area contributed by atoms with Gasteiger partial charge in [-0.25, -0.2) is 0 Å². The maximum Gasteiger partial charge on any atom is 0.401 e. The Bertz CT molecular complexity index is 274. The normalized spacial score (nSPS) is 38.5. The summed E-state index contributed by atoms with van der Waals surface area (Å²) < 4.78 is 36.6. The number of likely N-dealkylation sites (tertiary alicyclic amines) is 1. The van der Waals surface area contributed by atoms with E-state index in [0.717, 1.165) is 25.4 Å². The zero-order valence-electron chi connectivity index (χ0n) is 11.1. The monoisotopic (exact) mass is 264 g/mol. The van der Waals surface area contributed by atoms with Crippen molar-refractivity contribution in [1.29, 1.82) is 0 Å². The fraction of sp³-hybridized carbons (Fsp3) is 1.00. The Morgan fingerprint density at radius 3 is 2.28 bits per heavy atom. The van der Waals surface area contributed by atoms with E-state index in [9.17, 15) is 13.2 Å². The van der Waals surface area contributed by atoms with E-state index in [1.807, 2.05) is 0 Å². The van der Waals surface area contributed by atoms with Crippen molar-refractivity contribution in [1.82, 2.24) is 10.2 Å². The third kappa shape index (κ3) is 3.85. The lowest BCUT2D eigenvalue weighted by atomic mass is 9.79. The lowest BCUT2D eigenvalue weighted by Gasteiger charge is -2.47. The smallest absolute Gasteiger partial charge is 0.305 e. The number of alkyl halides is 3. The van der Waals surface area contributed by atoms with E-state index in [2.05, 4.69) is 24.1 Å². The number of hydrogen-bond donors (Lipinski definition) is 1. The molecule has 1 aliphatic carbocycles. The molecule has 18 heavy (non-hydrogen) atoms. The third-order valence-corrected chi connectivity index (χ3v) is 4.14. The van der Waals surface area contributed by atoms with Crippen LogP contribution in [-0.4, -0.2) is 42.8 Å². The molecule has 0 bridgehead atoms. The SMILES string of the molecule is CC1CC(N2CC(C)CC(NCC(F)(F)F)C2)C1. The Morgan fingerprint density at radius 2 is 1.72 bits per heavy atom. The molecule has 2 unspecified atom stereocenters. The standard InChI is InChI=1S/C13H23F3N2/c1-9-4-12(5-9)18-6-10(2)3-11(7-18)17-8-13(14,15)16/h9-12,17H,3-8H2,1-2H3. The fourth-order valence-corrected chi connectivity index (χ4v) is 3.26. The molecule has 5 heteroatoms. The summed E-state index contributed by atoms with van der Waals surface area (Å²) in [5.41, 5.74) is 0. The molecule has 2 rings (SSSR count). The Labute approximate surface area is 107 Å². The van der Waals surface area contributed by atoms with E-state index in [1.165, 1.54) is 12.8 Å². The van der Waals surface area contributed by atoms with Crippen molar-refractivity contribution in [2.24, 2.45) is 11.8 Å². The van der Waals surface area contributed by atoms with Gasteiger partial charge in [0.15, 0.2) is 0 Å². The van der Waals surface area contributed by atoms with Crippen LogP contribution >= 0.6 is 0 Å². The second-order valence-electron chi connectivity index (χ2n) is 6.22. The summed E-state index contributed by atoms with van der Waals surface area (Å²) in [6.45, 7) is 5.33. The quantitative estimate of drug-likeness (QED) is 0.843. The van der Waals surface area contributed by atoms with Crippen LogP contribution in [0.5, 0.6) is 0 Å². The molecule has 1 heterocycles. The number of hydrogen-bond acceptors (Lipinski definition) is 2. The second kappa shape index (κ2) is 5.37. The molecule has 0 amide bonds. The van der Waals surface area contributed by atoms with Gasteiger partial charge in [0.05, 0.1) is 6.54 Å². The number of nitrogens with one attached hydrogen (secondary N) is 1. The first-order valence-corrected chi connectivity index (χ1v) is 6.87. The minimum absolute atomic E-state index is 0.00807. The number of rotatable bonds is 3. The number of piperidine rings is 1. The van der Waals surface area contributed by atoms with E-state index in [0.29, 0.717) is 12.0 Å². The van der Waals surface area contributed by atoms with Gasteiger partial charge in [0, 0.05) is 25.2 Å². The summed E-state index contributed by atoms with van der Waals surface area (Å²) in [6.07, 6.45) is -0.831. The molecule has 2 nitrogen and oxygen atoms in total. The molecule has 0 aromatic heterocycles. The largest absolute Gasteiger partial charge is 0.401 e. The Morgan fingerprint density at radius 1 is 1.06 bits per heavy atom. The lowest BCUT2D eigenvalue weighted by molar-refractivity contribution is -0.127. The molecule has 2 fully saturated rings. The number of nitrogens with zero attached hydrogens (tertiary/aromatic N) is 1. The highest BCUT2D eigenvalue weighted by Crippen LogP contribution is 2.33. The van der Waals surface area contributed by atoms with E-state index in [1.54, 1.807) is 0 Å². The van der Waals surface area contributed by atoms with Crippen molar-refractivity contribution in [3.63, 3.8) is 0 Å². The van der Waals surface area contributed by atoms with Crippen molar-refractivity contribution < 1.29 is 13.2 Å². The molecule has 2 aliphatic rings. The van der Waals surface area contributed by atoms with Crippen LogP contribution in [-0.2, 0) is 0 Å². The molecule has 0 radical (unpaired) electrons. The van der Waals surface area contributed by atoms with Crippen LogP contribution in [0.4, 0.5) is 13.2 Å². The van der Waals surface area contributed by atoms with Crippen LogP contribution in [0.15, 0.2) is 0 Å². The minimum Gasteiger partial charge on any atom is -0.305 e. The van der Waals surface area contributed by atoms with Crippen LogP contribution in [0.25, 0.3) is 0 Å². The predicted octanol–water partition coefficient (Wildman–Crippen LogP) is 2.65. The molecule has 1 saturated heterocycles. The molecule has 106 valence electrons. The van der Waals surface area contributed by atoms with Gasteiger partial charge in [-0.05, 0) is 31.1 Å². The van der Waals surface area contributed by atoms with Gasteiger partial charge in [-0.3, -0.25) is 4.90 Å². The van der Waals surface area contributed by atoms with Crippen molar-refractivity contribution in [2.45, 2.75) is 51.4 Å². The lowest BCUT2D eigenvalue weighted by Crippen LogP contribution is -2.56. The van der Waals surface area contributed by atoms with Crippen LogP contribution in [0.1, 0.15) is 33.1 Å². The van der Waals surface area contributed by atoms with E-state index in [4.69, 9.17) is 0 Å². The van der Waals surface area contributed by atoms with Gasteiger partial charge in [0.25, 0.3) is 0 Å². The van der Waals surface area contributed by atoms with Crippen molar-refractivity contribution in [3.8, 4) is 0 Å². The zero-order chi connectivity index (χ0) is 13.3. The molecule has 1 saturated carbocycles. The van der Waals surface area contributed by atoms with Gasteiger partial charge in [-0.2, -0.15) is 13.2 Å². The van der Waals surface area contributed by atoms with Gasteiger partial charge in [-0.1, -0.05) is 13.8 Å².